The molecule has 1 aromatic carbocycles. The second kappa shape index (κ2) is 6.93. The Morgan fingerprint density at radius 2 is 2.06 bits per heavy atom. The number of hydrazine groups is 1. The van der Waals surface area contributed by atoms with Crippen molar-refractivity contribution in [1.29, 1.82) is 0 Å². The third-order valence-electron chi connectivity index (χ3n) is 2.51. The maximum absolute atomic E-state index is 13.7. The summed E-state index contributed by atoms with van der Waals surface area (Å²) in [5.41, 5.74) is 3.14. The molecule has 0 aliphatic heterocycles. The molecule has 1 rings (SSSR count). The van der Waals surface area contributed by atoms with Gasteiger partial charge in [0.15, 0.2) is 11.6 Å². The molecule has 0 amide bonds. The minimum absolute atomic E-state index is 0.291. The zero-order valence-corrected chi connectivity index (χ0v) is 10.9. The van der Waals surface area contributed by atoms with Crippen LogP contribution < -0.4 is 11.3 Å². The standard InChI is InChI=1S/C12H18F2N2S/c1-3-6-17-7-10(16-15)9-5-4-8(2)11(13)12(9)14/h4-5,10,16H,3,6-7,15H2,1-2H3. The summed E-state index contributed by atoms with van der Waals surface area (Å²) >= 11 is 1.67. The average Bonchev–Trinajstić information content (AvgIpc) is 2.33. The summed E-state index contributed by atoms with van der Waals surface area (Å²) in [6.07, 6.45) is 1.05. The summed E-state index contributed by atoms with van der Waals surface area (Å²) in [5.74, 6) is 5.41. The molecule has 1 atom stereocenters. The first-order valence-corrected chi connectivity index (χ1v) is 6.75. The Morgan fingerprint density at radius 3 is 2.65 bits per heavy atom. The van der Waals surface area contributed by atoms with Crippen LogP contribution >= 0.6 is 11.8 Å². The van der Waals surface area contributed by atoms with Crippen molar-refractivity contribution >= 4 is 11.8 Å². The summed E-state index contributed by atoms with van der Waals surface area (Å²) in [4.78, 5) is 0. The average molecular weight is 260 g/mol. The van der Waals surface area contributed by atoms with Crippen LogP contribution in [0, 0.1) is 18.6 Å². The van der Waals surface area contributed by atoms with Crippen LogP contribution in [0.5, 0.6) is 0 Å². The van der Waals surface area contributed by atoms with Gasteiger partial charge in [-0.2, -0.15) is 11.8 Å². The number of halogens is 2. The molecule has 2 nitrogen and oxygen atoms in total. The molecule has 0 aromatic heterocycles. The molecule has 0 saturated heterocycles. The number of nitrogens with one attached hydrogen (secondary N) is 1. The predicted molar refractivity (Wildman–Crippen MR) is 68.8 cm³/mol. The van der Waals surface area contributed by atoms with E-state index in [1.807, 2.05) is 0 Å². The number of rotatable bonds is 6. The highest BCUT2D eigenvalue weighted by molar-refractivity contribution is 7.99. The van der Waals surface area contributed by atoms with Gasteiger partial charge in [0.05, 0.1) is 6.04 Å². The van der Waals surface area contributed by atoms with Crippen molar-refractivity contribution in [2.75, 3.05) is 11.5 Å². The van der Waals surface area contributed by atoms with Crippen molar-refractivity contribution in [3.63, 3.8) is 0 Å². The molecule has 0 aliphatic carbocycles. The Morgan fingerprint density at radius 1 is 1.35 bits per heavy atom. The predicted octanol–water partition coefficient (Wildman–Crippen LogP) is 2.92. The Balaban J connectivity index is 2.85. The van der Waals surface area contributed by atoms with Gasteiger partial charge in [0.1, 0.15) is 0 Å². The quantitative estimate of drug-likeness (QED) is 0.469. The van der Waals surface area contributed by atoms with Gasteiger partial charge in [-0.25, -0.2) is 8.78 Å². The fourth-order valence-corrected chi connectivity index (χ4v) is 2.47. The molecule has 1 aromatic rings. The van der Waals surface area contributed by atoms with Gasteiger partial charge in [-0.3, -0.25) is 11.3 Å². The lowest BCUT2D eigenvalue weighted by Gasteiger charge is -2.17. The molecular formula is C12H18F2N2S. The summed E-state index contributed by atoms with van der Waals surface area (Å²) in [5, 5.41) is 0. The highest BCUT2D eigenvalue weighted by Gasteiger charge is 2.18. The first-order chi connectivity index (χ1) is 8.11. The van der Waals surface area contributed by atoms with Crippen LogP contribution in [-0.2, 0) is 0 Å². The van der Waals surface area contributed by atoms with Crippen molar-refractivity contribution in [1.82, 2.24) is 5.43 Å². The lowest BCUT2D eigenvalue weighted by atomic mass is 10.1. The van der Waals surface area contributed by atoms with Crippen molar-refractivity contribution in [2.45, 2.75) is 26.3 Å². The van der Waals surface area contributed by atoms with E-state index in [4.69, 9.17) is 5.84 Å². The lowest BCUT2D eigenvalue weighted by molar-refractivity contribution is 0.474. The largest absolute Gasteiger partial charge is 0.271 e. The molecule has 0 fully saturated rings. The van der Waals surface area contributed by atoms with Gasteiger partial charge in [-0.15, -0.1) is 0 Å². The van der Waals surface area contributed by atoms with Gasteiger partial charge in [0, 0.05) is 11.3 Å². The second-order valence-electron chi connectivity index (χ2n) is 3.89. The maximum atomic E-state index is 13.7. The molecule has 0 saturated carbocycles. The minimum atomic E-state index is -0.801. The van der Waals surface area contributed by atoms with E-state index in [9.17, 15) is 8.78 Å². The number of benzene rings is 1. The summed E-state index contributed by atoms with van der Waals surface area (Å²) in [6.45, 7) is 3.61. The number of aryl methyl sites for hydroxylation is 1. The van der Waals surface area contributed by atoms with E-state index in [0.29, 0.717) is 16.9 Å². The van der Waals surface area contributed by atoms with E-state index >= 15 is 0 Å². The molecule has 0 bridgehead atoms. The number of nitrogens with two attached hydrogens (primary N) is 1. The van der Waals surface area contributed by atoms with Gasteiger partial charge < -0.3 is 0 Å². The SMILES string of the molecule is CCCSCC(NN)c1ccc(C)c(F)c1F. The molecular weight excluding hydrogens is 242 g/mol. The number of thioether (sulfide) groups is 1. The summed E-state index contributed by atoms with van der Waals surface area (Å²) < 4.78 is 27.2. The van der Waals surface area contributed by atoms with Gasteiger partial charge in [0.2, 0.25) is 0 Å². The molecule has 96 valence electrons. The fourth-order valence-electron chi connectivity index (χ4n) is 1.50. The van der Waals surface area contributed by atoms with Crippen LogP contribution in [-0.4, -0.2) is 11.5 Å². The van der Waals surface area contributed by atoms with Crippen molar-refractivity contribution < 1.29 is 8.78 Å². The smallest absolute Gasteiger partial charge is 0.163 e. The third-order valence-corrected chi connectivity index (χ3v) is 3.78. The molecule has 1 unspecified atom stereocenters. The molecule has 5 heteroatoms. The molecule has 17 heavy (non-hydrogen) atoms. The molecule has 0 spiro atoms. The monoisotopic (exact) mass is 260 g/mol. The topological polar surface area (TPSA) is 38.0 Å². The van der Waals surface area contributed by atoms with E-state index in [0.717, 1.165) is 12.2 Å². The van der Waals surface area contributed by atoms with Crippen molar-refractivity contribution in [3.8, 4) is 0 Å². The Hall–Kier alpha value is -0.650. The van der Waals surface area contributed by atoms with E-state index in [1.54, 1.807) is 30.8 Å². The summed E-state index contributed by atoms with van der Waals surface area (Å²) in [7, 11) is 0. The highest BCUT2D eigenvalue weighted by atomic mass is 32.2. The maximum Gasteiger partial charge on any atom is 0.163 e. The van der Waals surface area contributed by atoms with Crippen molar-refractivity contribution in [2.24, 2.45) is 5.84 Å². The number of hydrogen-bond donors (Lipinski definition) is 2. The van der Waals surface area contributed by atoms with Gasteiger partial charge >= 0.3 is 0 Å². The van der Waals surface area contributed by atoms with E-state index in [1.165, 1.54) is 0 Å². The zero-order chi connectivity index (χ0) is 12.8. The van der Waals surface area contributed by atoms with E-state index < -0.39 is 11.6 Å². The fraction of sp³-hybridized carbons (Fsp3) is 0.500. The van der Waals surface area contributed by atoms with Crippen LogP contribution in [0.4, 0.5) is 8.78 Å². The molecule has 0 heterocycles. The Kier molecular flexibility index (Phi) is 5.88. The molecule has 0 radical (unpaired) electrons. The van der Waals surface area contributed by atoms with Crippen LogP contribution in [0.3, 0.4) is 0 Å². The second-order valence-corrected chi connectivity index (χ2v) is 5.04. The zero-order valence-electron chi connectivity index (χ0n) is 10.1. The van der Waals surface area contributed by atoms with Crippen LogP contribution in [0.25, 0.3) is 0 Å². The Labute approximate surface area is 105 Å². The normalized spacial score (nSPS) is 12.8. The summed E-state index contributed by atoms with van der Waals surface area (Å²) in [6, 6.07) is 2.80. The van der Waals surface area contributed by atoms with E-state index in [-0.39, 0.29) is 6.04 Å². The van der Waals surface area contributed by atoms with Gasteiger partial charge in [-0.1, -0.05) is 19.1 Å². The van der Waals surface area contributed by atoms with Crippen molar-refractivity contribution in [3.05, 3.63) is 34.9 Å². The number of hydrogen-bond acceptors (Lipinski definition) is 3. The van der Waals surface area contributed by atoms with Gasteiger partial charge in [0.25, 0.3) is 0 Å². The Bertz CT molecular complexity index is 372. The lowest BCUT2D eigenvalue weighted by Crippen LogP contribution is -2.30. The molecule has 0 aliphatic rings. The first-order valence-electron chi connectivity index (χ1n) is 5.60. The van der Waals surface area contributed by atoms with Gasteiger partial charge in [-0.05, 0) is 24.7 Å². The minimum Gasteiger partial charge on any atom is -0.271 e. The van der Waals surface area contributed by atoms with E-state index in [2.05, 4.69) is 12.3 Å². The molecule has 3 N–H and O–H groups in total. The third kappa shape index (κ3) is 3.66. The first kappa shape index (κ1) is 14.4. The van der Waals surface area contributed by atoms with Crippen LogP contribution in [0.15, 0.2) is 12.1 Å². The van der Waals surface area contributed by atoms with Crippen LogP contribution in [0.2, 0.25) is 0 Å². The highest BCUT2D eigenvalue weighted by Crippen LogP contribution is 2.24. The van der Waals surface area contributed by atoms with Crippen LogP contribution in [0.1, 0.15) is 30.5 Å².